The minimum Gasteiger partial charge on any atom is -0.352 e. The number of ketones is 1. The molecule has 1 unspecified atom stereocenters. The van der Waals surface area contributed by atoms with Gasteiger partial charge in [0.25, 0.3) is 0 Å². The highest BCUT2D eigenvalue weighted by Crippen LogP contribution is 2.39. The summed E-state index contributed by atoms with van der Waals surface area (Å²) in [5, 5.41) is 6.91. The highest BCUT2D eigenvalue weighted by atomic mass is 32.1. The number of Topliss-reactive ketones (excluding diaryl/α,β-unsaturated/α-hetero) is 1. The standard InChI is InChI=1S/C16H13N3OS/c1-19-8-4-7-11(19)14-12-13(17-16(21)18-14)9-5-2-3-6-10(9)15(12)20/h2-8,14H,1H3,(H2,17,18,21). The normalized spacial score (nSPS) is 20.0. The number of hydrogen-bond donors (Lipinski definition) is 2. The number of fused-ring (bicyclic) bond motifs is 2. The van der Waals surface area contributed by atoms with E-state index in [2.05, 4.69) is 10.6 Å². The lowest BCUT2D eigenvalue weighted by Crippen LogP contribution is -2.43. The van der Waals surface area contributed by atoms with Gasteiger partial charge in [-0.15, -0.1) is 0 Å². The maximum Gasteiger partial charge on any atom is 0.194 e. The molecule has 2 aromatic rings. The first-order valence-corrected chi connectivity index (χ1v) is 7.14. The second kappa shape index (κ2) is 4.30. The topological polar surface area (TPSA) is 46.1 Å². The summed E-state index contributed by atoms with van der Waals surface area (Å²) in [4.78, 5) is 12.8. The average molecular weight is 295 g/mol. The van der Waals surface area contributed by atoms with Gasteiger partial charge in [0.15, 0.2) is 10.9 Å². The molecule has 0 spiro atoms. The maximum atomic E-state index is 12.8. The van der Waals surface area contributed by atoms with E-state index in [0.29, 0.717) is 5.11 Å². The zero-order valence-corrected chi connectivity index (χ0v) is 12.2. The first-order chi connectivity index (χ1) is 10.2. The Hall–Kier alpha value is -2.40. The number of carbonyl (C=O) groups excluding carboxylic acids is 1. The summed E-state index contributed by atoms with van der Waals surface area (Å²) in [6, 6.07) is 11.4. The molecule has 1 aliphatic carbocycles. The molecule has 21 heavy (non-hydrogen) atoms. The monoisotopic (exact) mass is 295 g/mol. The Morgan fingerprint density at radius 2 is 1.90 bits per heavy atom. The molecule has 104 valence electrons. The zero-order chi connectivity index (χ0) is 14.6. The fourth-order valence-corrected chi connectivity index (χ4v) is 3.28. The van der Waals surface area contributed by atoms with Crippen LogP contribution in [-0.4, -0.2) is 15.5 Å². The Morgan fingerprint density at radius 3 is 2.62 bits per heavy atom. The van der Waals surface area contributed by atoms with Gasteiger partial charge in [-0.25, -0.2) is 0 Å². The van der Waals surface area contributed by atoms with E-state index in [4.69, 9.17) is 12.2 Å². The van der Waals surface area contributed by atoms with Gasteiger partial charge in [-0.05, 0) is 24.4 Å². The molecule has 0 amide bonds. The molecular weight excluding hydrogens is 282 g/mol. The molecule has 0 radical (unpaired) electrons. The van der Waals surface area contributed by atoms with Gasteiger partial charge in [-0.2, -0.15) is 0 Å². The Labute approximate surface area is 127 Å². The molecule has 0 saturated carbocycles. The number of rotatable bonds is 1. The molecule has 2 aliphatic rings. The number of nitrogens with zero attached hydrogens (tertiary/aromatic N) is 1. The molecule has 0 saturated heterocycles. The van der Waals surface area contributed by atoms with Crippen LogP contribution in [0.4, 0.5) is 0 Å². The van der Waals surface area contributed by atoms with E-state index in [0.717, 1.165) is 28.1 Å². The largest absolute Gasteiger partial charge is 0.352 e. The summed E-state index contributed by atoms with van der Waals surface area (Å²) in [6.07, 6.45) is 1.97. The second-order valence-corrected chi connectivity index (χ2v) is 5.65. The van der Waals surface area contributed by atoms with Crippen LogP contribution in [0.15, 0.2) is 48.2 Å². The summed E-state index contributed by atoms with van der Waals surface area (Å²) in [6.45, 7) is 0. The lowest BCUT2D eigenvalue weighted by Gasteiger charge is -2.28. The van der Waals surface area contributed by atoms with E-state index >= 15 is 0 Å². The molecule has 1 aromatic carbocycles. The fraction of sp³-hybridized carbons (Fsp3) is 0.125. The van der Waals surface area contributed by atoms with Crippen LogP contribution in [-0.2, 0) is 7.05 Å². The molecular formula is C16H13N3OS. The molecule has 1 aliphatic heterocycles. The van der Waals surface area contributed by atoms with E-state index in [1.165, 1.54) is 0 Å². The van der Waals surface area contributed by atoms with Crippen LogP contribution in [0, 0.1) is 0 Å². The number of carbonyl (C=O) groups is 1. The van der Waals surface area contributed by atoms with Gasteiger partial charge in [0.05, 0.1) is 17.3 Å². The third kappa shape index (κ3) is 1.67. The van der Waals surface area contributed by atoms with Crippen molar-refractivity contribution in [3.8, 4) is 0 Å². The molecule has 2 N–H and O–H groups in total. The van der Waals surface area contributed by atoms with Crippen LogP contribution in [0.5, 0.6) is 0 Å². The molecule has 1 atom stereocenters. The SMILES string of the molecule is Cn1cccc1C1NC(=S)NC2=C1C(=O)c1ccccc12. The number of hydrogen-bond acceptors (Lipinski definition) is 2. The Morgan fingerprint density at radius 1 is 1.14 bits per heavy atom. The lowest BCUT2D eigenvalue weighted by molar-refractivity contribution is 0.103. The molecule has 4 nitrogen and oxygen atoms in total. The highest BCUT2D eigenvalue weighted by molar-refractivity contribution is 7.80. The molecule has 4 rings (SSSR count). The molecule has 0 bridgehead atoms. The maximum absolute atomic E-state index is 12.8. The van der Waals surface area contributed by atoms with E-state index in [1.54, 1.807) is 0 Å². The average Bonchev–Trinajstić information content (AvgIpc) is 3.02. The van der Waals surface area contributed by atoms with Gasteiger partial charge >= 0.3 is 0 Å². The molecule has 1 aromatic heterocycles. The van der Waals surface area contributed by atoms with Crippen LogP contribution >= 0.6 is 12.2 Å². The van der Waals surface area contributed by atoms with Gasteiger partial charge < -0.3 is 15.2 Å². The van der Waals surface area contributed by atoms with Gasteiger partial charge in [-0.3, -0.25) is 4.79 Å². The Bertz CT molecular complexity index is 818. The van der Waals surface area contributed by atoms with E-state index in [9.17, 15) is 4.79 Å². The van der Waals surface area contributed by atoms with Crippen molar-refractivity contribution in [1.29, 1.82) is 0 Å². The Balaban J connectivity index is 1.93. The van der Waals surface area contributed by atoms with Crippen LogP contribution < -0.4 is 10.6 Å². The van der Waals surface area contributed by atoms with E-state index < -0.39 is 0 Å². The number of aryl methyl sites for hydroxylation is 1. The number of aromatic nitrogens is 1. The van der Waals surface area contributed by atoms with Gasteiger partial charge in [0.2, 0.25) is 0 Å². The minimum atomic E-state index is -0.214. The van der Waals surface area contributed by atoms with E-state index in [-0.39, 0.29) is 11.8 Å². The summed E-state index contributed by atoms with van der Waals surface area (Å²) >= 11 is 5.31. The number of benzene rings is 1. The molecule has 2 heterocycles. The van der Waals surface area contributed by atoms with Gasteiger partial charge in [0, 0.05) is 30.1 Å². The van der Waals surface area contributed by atoms with Crippen molar-refractivity contribution in [2.24, 2.45) is 7.05 Å². The predicted octanol–water partition coefficient (Wildman–Crippen LogP) is 2.15. The summed E-state index contributed by atoms with van der Waals surface area (Å²) < 4.78 is 2.01. The second-order valence-electron chi connectivity index (χ2n) is 5.24. The van der Waals surface area contributed by atoms with Crippen molar-refractivity contribution in [3.05, 3.63) is 65.0 Å². The number of nitrogens with one attached hydrogen (secondary N) is 2. The van der Waals surface area contributed by atoms with Crippen molar-refractivity contribution < 1.29 is 4.79 Å². The van der Waals surface area contributed by atoms with Crippen LogP contribution in [0.25, 0.3) is 5.70 Å². The van der Waals surface area contributed by atoms with Gasteiger partial charge in [0.1, 0.15) is 0 Å². The minimum absolute atomic E-state index is 0.0642. The van der Waals surface area contributed by atoms with Crippen molar-refractivity contribution in [2.75, 3.05) is 0 Å². The predicted molar refractivity (Wildman–Crippen MR) is 84.7 cm³/mol. The molecule has 0 fully saturated rings. The number of thiocarbonyl (C=S) groups is 1. The summed E-state index contributed by atoms with van der Waals surface area (Å²) in [7, 11) is 1.97. The summed E-state index contributed by atoms with van der Waals surface area (Å²) in [5.74, 6) is 0.0642. The van der Waals surface area contributed by atoms with E-state index in [1.807, 2.05) is 54.2 Å². The third-order valence-corrected chi connectivity index (χ3v) is 4.26. The third-order valence-electron chi connectivity index (χ3n) is 4.04. The fourth-order valence-electron chi connectivity index (χ4n) is 3.06. The van der Waals surface area contributed by atoms with Crippen LogP contribution in [0.2, 0.25) is 0 Å². The van der Waals surface area contributed by atoms with Crippen molar-refractivity contribution in [1.82, 2.24) is 15.2 Å². The quantitative estimate of drug-likeness (QED) is 0.791. The first kappa shape index (κ1) is 12.3. The van der Waals surface area contributed by atoms with Crippen molar-refractivity contribution >= 4 is 28.8 Å². The lowest BCUT2D eigenvalue weighted by atomic mass is 9.98. The first-order valence-electron chi connectivity index (χ1n) is 6.74. The Kier molecular flexibility index (Phi) is 2.53. The van der Waals surface area contributed by atoms with Gasteiger partial charge in [-0.1, -0.05) is 24.3 Å². The smallest absolute Gasteiger partial charge is 0.194 e. The van der Waals surface area contributed by atoms with Crippen LogP contribution in [0.1, 0.15) is 27.7 Å². The van der Waals surface area contributed by atoms with Crippen molar-refractivity contribution in [3.63, 3.8) is 0 Å². The zero-order valence-electron chi connectivity index (χ0n) is 11.4. The molecule has 5 heteroatoms. The van der Waals surface area contributed by atoms with Crippen LogP contribution in [0.3, 0.4) is 0 Å². The summed E-state index contributed by atoms with van der Waals surface area (Å²) in [5.41, 5.74) is 4.27. The van der Waals surface area contributed by atoms with Crippen molar-refractivity contribution in [2.45, 2.75) is 6.04 Å². The highest BCUT2D eigenvalue weighted by Gasteiger charge is 2.39.